The summed E-state index contributed by atoms with van der Waals surface area (Å²) in [6, 6.07) is 11.9. The Morgan fingerprint density at radius 3 is 2.30 bits per heavy atom. The van der Waals surface area contributed by atoms with Crippen LogP contribution in [0.1, 0.15) is 31.9 Å². The first-order chi connectivity index (χ1) is 9.36. The summed E-state index contributed by atoms with van der Waals surface area (Å²) in [6.45, 7) is 6.91. The minimum absolute atomic E-state index is 0.0400. The molecule has 0 spiro atoms. The van der Waals surface area contributed by atoms with E-state index in [1.165, 1.54) is 17.7 Å². The van der Waals surface area contributed by atoms with Crippen molar-refractivity contribution in [3.63, 3.8) is 0 Å². The zero-order chi connectivity index (χ0) is 14.8. The van der Waals surface area contributed by atoms with Crippen LogP contribution in [0.2, 0.25) is 0 Å². The number of anilines is 1. The molecule has 2 aromatic carbocycles. The molecule has 106 valence electrons. The summed E-state index contributed by atoms with van der Waals surface area (Å²) in [6.07, 6.45) is 0. The van der Waals surface area contributed by atoms with Gasteiger partial charge in [-0.2, -0.15) is 0 Å². The number of benzene rings is 2. The highest BCUT2D eigenvalue weighted by atomic mass is 19.1. The number of aromatic hydroxyl groups is 1. The molecule has 2 rings (SSSR count). The van der Waals surface area contributed by atoms with Crippen LogP contribution in [0.15, 0.2) is 42.5 Å². The predicted molar refractivity (Wildman–Crippen MR) is 80.5 cm³/mol. The standard InChI is InChI=1S/C17H20FNO/c1-17(2,3)13-4-9-16(20)12(10-13)11-19-15-7-5-14(18)6-8-15/h4-10,19-20H,11H2,1-3H3. The van der Waals surface area contributed by atoms with Crippen molar-refractivity contribution >= 4 is 5.69 Å². The van der Waals surface area contributed by atoms with Gasteiger partial charge in [-0.1, -0.05) is 26.8 Å². The van der Waals surface area contributed by atoms with Crippen LogP contribution in [0.3, 0.4) is 0 Å². The maximum absolute atomic E-state index is 12.8. The minimum atomic E-state index is -0.256. The average Bonchev–Trinajstić information content (AvgIpc) is 2.38. The summed E-state index contributed by atoms with van der Waals surface area (Å²) in [5, 5.41) is 13.1. The quantitative estimate of drug-likeness (QED) is 0.866. The SMILES string of the molecule is CC(C)(C)c1ccc(O)c(CNc2ccc(F)cc2)c1. The summed E-state index contributed by atoms with van der Waals surface area (Å²) < 4.78 is 12.8. The van der Waals surface area contributed by atoms with Crippen molar-refractivity contribution in [2.24, 2.45) is 0 Å². The van der Waals surface area contributed by atoms with Crippen molar-refractivity contribution in [2.45, 2.75) is 32.7 Å². The van der Waals surface area contributed by atoms with E-state index in [9.17, 15) is 9.50 Å². The van der Waals surface area contributed by atoms with Gasteiger partial charge in [-0.3, -0.25) is 0 Å². The molecule has 2 aromatic rings. The van der Waals surface area contributed by atoms with Crippen LogP contribution >= 0.6 is 0 Å². The summed E-state index contributed by atoms with van der Waals surface area (Å²) in [5.74, 6) is 0.0146. The van der Waals surface area contributed by atoms with Crippen molar-refractivity contribution in [3.05, 3.63) is 59.4 Å². The summed E-state index contributed by atoms with van der Waals surface area (Å²) >= 11 is 0. The first kappa shape index (κ1) is 14.4. The molecule has 0 radical (unpaired) electrons. The molecule has 0 aliphatic carbocycles. The average molecular weight is 273 g/mol. The fourth-order valence-corrected chi connectivity index (χ4v) is 1.96. The molecule has 0 saturated carbocycles. The largest absolute Gasteiger partial charge is 0.508 e. The van der Waals surface area contributed by atoms with Crippen molar-refractivity contribution < 1.29 is 9.50 Å². The molecule has 3 heteroatoms. The van der Waals surface area contributed by atoms with Crippen LogP contribution in [0.4, 0.5) is 10.1 Å². The van der Waals surface area contributed by atoms with Crippen LogP contribution in [0.5, 0.6) is 5.75 Å². The lowest BCUT2D eigenvalue weighted by Crippen LogP contribution is -2.12. The fourth-order valence-electron chi connectivity index (χ4n) is 1.96. The van der Waals surface area contributed by atoms with Gasteiger partial charge in [0.1, 0.15) is 11.6 Å². The van der Waals surface area contributed by atoms with E-state index in [0.717, 1.165) is 11.3 Å². The first-order valence-corrected chi connectivity index (χ1v) is 6.68. The van der Waals surface area contributed by atoms with Crippen LogP contribution in [-0.4, -0.2) is 5.11 Å². The van der Waals surface area contributed by atoms with Crippen molar-refractivity contribution in [1.82, 2.24) is 0 Å². The smallest absolute Gasteiger partial charge is 0.123 e. The van der Waals surface area contributed by atoms with Gasteiger partial charge in [-0.15, -0.1) is 0 Å². The Kier molecular flexibility index (Phi) is 3.98. The van der Waals surface area contributed by atoms with Crippen molar-refractivity contribution in [2.75, 3.05) is 5.32 Å². The van der Waals surface area contributed by atoms with Crippen LogP contribution in [-0.2, 0) is 12.0 Å². The normalized spacial score (nSPS) is 11.4. The van der Waals surface area contributed by atoms with Crippen molar-refractivity contribution in [1.29, 1.82) is 0 Å². The monoisotopic (exact) mass is 273 g/mol. The van der Waals surface area contributed by atoms with E-state index in [-0.39, 0.29) is 17.0 Å². The van der Waals surface area contributed by atoms with Gasteiger partial charge in [0.25, 0.3) is 0 Å². The van der Waals surface area contributed by atoms with Gasteiger partial charge in [0.05, 0.1) is 0 Å². The molecule has 20 heavy (non-hydrogen) atoms. The summed E-state index contributed by atoms with van der Waals surface area (Å²) in [7, 11) is 0. The maximum atomic E-state index is 12.8. The molecule has 0 amide bonds. The molecule has 0 fully saturated rings. The lowest BCUT2D eigenvalue weighted by atomic mass is 9.86. The number of rotatable bonds is 3. The molecule has 0 heterocycles. The summed E-state index contributed by atoms with van der Waals surface area (Å²) in [4.78, 5) is 0. The van der Waals surface area contributed by atoms with E-state index >= 15 is 0 Å². The zero-order valence-corrected chi connectivity index (χ0v) is 12.1. The number of hydrogen-bond acceptors (Lipinski definition) is 2. The van der Waals surface area contributed by atoms with E-state index < -0.39 is 0 Å². The fraction of sp³-hybridized carbons (Fsp3) is 0.294. The van der Waals surface area contributed by atoms with Gasteiger partial charge < -0.3 is 10.4 Å². The van der Waals surface area contributed by atoms with Gasteiger partial charge in [0.2, 0.25) is 0 Å². The molecular weight excluding hydrogens is 253 g/mol. The third-order valence-electron chi connectivity index (χ3n) is 3.27. The molecule has 0 aromatic heterocycles. The Balaban J connectivity index is 2.14. The predicted octanol–water partition coefficient (Wildman–Crippen LogP) is 4.44. The first-order valence-electron chi connectivity index (χ1n) is 6.68. The van der Waals surface area contributed by atoms with Gasteiger partial charge in [-0.25, -0.2) is 4.39 Å². The highest BCUT2D eigenvalue weighted by Gasteiger charge is 2.15. The van der Waals surface area contributed by atoms with Gasteiger partial charge in [0.15, 0.2) is 0 Å². The Hall–Kier alpha value is -2.03. The topological polar surface area (TPSA) is 32.3 Å². The number of halogens is 1. The van der Waals surface area contributed by atoms with Crippen LogP contribution < -0.4 is 5.32 Å². The molecule has 0 aliphatic heterocycles. The zero-order valence-electron chi connectivity index (χ0n) is 12.1. The van der Waals surface area contributed by atoms with Crippen LogP contribution in [0, 0.1) is 5.82 Å². The van der Waals surface area contributed by atoms with Crippen molar-refractivity contribution in [3.8, 4) is 5.75 Å². The Bertz CT molecular complexity index is 585. The number of phenolic OH excluding ortho intramolecular Hbond substituents is 1. The second kappa shape index (κ2) is 5.53. The number of nitrogens with one attached hydrogen (secondary N) is 1. The molecule has 0 aliphatic rings. The highest BCUT2D eigenvalue weighted by Crippen LogP contribution is 2.27. The lowest BCUT2D eigenvalue weighted by Gasteiger charge is -2.20. The molecule has 0 atom stereocenters. The Morgan fingerprint density at radius 1 is 1.05 bits per heavy atom. The molecule has 2 N–H and O–H groups in total. The molecule has 0 unspecified atom stereocenters. The lowest BCUT2D eigenvalue weighted by molar-refractivity contribution is 0.467. The second-order valence-electron chi connectivity index (χ2n) is 5.95. The third kappa shape index (κ3) is 3.50. The molecule has 0 bridgehead atoms. The maximum Gasteiger partial charge on any atom is 0.123 e. The second-order valence-corrected chi connectivity index (χ2v) is 5.95. The van der Waals surface area contributed by atoms with Gasteiger partial charge in [0, 0.05) is 17.8 Å². The van der Waals surface area contributed by atoms with E-state index in [2.05, 4.69) is 26.1 Å². The third-order valence-corrected chi connectivity index (χ3v) is 3.27. The molecular formula is C17H20FNO. The number of phenols is 1. The van der Waals surface area contributed by atoms with E-state index in [0.29, 0.717) is 6.54 Å². The molecule has 0 saturated heterocycles. The van der Waals surface area contributed by atoms with Crippen LogP contribution in [0.25, 0.3) is 0 Å². The Labute approximate surface area is 119 Å². The van der Waals surface area contributed by atoms with Gasteiger partial charge in [-0.05, 0) is 47.4 Å². The van der Waals surface area contributed by atoms with E-state index in [1.807, 2.05) is 12.1 Å². The van der Waals surface area contributed by atoms with E-state index in [4.69, 9.17) is 0 Å². The highest BCUT2D eigenvalue weighted by molar-refractivity contribution is 5.46. The minimum Gasteiger partial charge on any atom is -0.508 e. The van der Waals surface area contributed by atoms with E-state index in [1.54, 1.807) is 18.2 Å². The van der Waals surface area contributed by atoms with Gasteiger partial charge >= 0.3 is 0 Å². The summed E-state index contributed by atoms with van der Waals surface area (Å²) in [5.41, 5.74) is 2.87. The number of hydrogen-bond donors (Lipinski definition) is 2. The Morgan fingerprint density at radius 2 is 1.70 bits per heavy atom. The molecule has 2 nitrogen and oxygen atoms in total.